The summed E-state index contributed by atoms with van der Waals surface area (Å²) in [4.78, 5) is 0. The zero-order chi connectivity index (χ0) is 12.1. The number of azo groups is 1. The van der Waals surface area contributed by atoms with E-state index < -0.39 is 0 Å². The van der Waals surface area contributed by atoms with Crippen LogP contribution < -0.4 is 0 Å². The molecule has 0 aliphatic carbocycles. The van der Waals surface area contributed by atoms with Crippen LogP contribution in [-0.2, 0) is 0 Å². The maximum Gasteiger partial charge on any atom is 0.0857 e. The molecule has 2 nitrogen and oxygen atoms in total. The minimum atomic E-state index is 0.551. The van der Waals surface area contributed by atoms with Crippen molar-refractivity contribution in [2.24, 2.45) is 10.2 Å². The van der Waals surface area contributed by atoms with Crippen molar-refractivity contribution in [1.82, 2.24) is 0 Å². The molecule has 2 heteroatoms. The van der Waals surface area contributed by atoms with Crippen LogP contribution in [-0.4, -0.2) is 0 Å². The summed E-state index contributed by atoms with van der Waals surface area (Å²) in [6.45, 7) is 4.36. The van der Waals surface area contributed by atoms with Gasteiger partial charge >= 0.3 is 0 Å². The predicted octanol–water partition coefficient (Wildman–Crippen LogP) is 5.23. The van der Waals surface area contributed by atoms with Gasteiger partial charge in [-0.15, -0.1) is 0 Å². The fourth-order valence-corrected chi connectivity index (χ4v) is 1.54. The SMILES string of the molecule is CC(C)c1ccc(/N=N/c2ccccc2)cc1. The van der Waals surface area contributed by atoms with Crippen LogP contribution in [0.3, 0.4) is 0 Å². The molecule has 0 spiro atoms. The van der Waals surface area contributed by atoms with Gasteiger partial charge in [-0.2, -0.15) is 10.2 Å². The Bertz CT molecular complexity index is 484. The average molecular weight is 224 g/mol. The van der Waals surface area contributed by atoms with Gasteiger partial charge in [-0.3, -0.25) is 0 Å². The molecule has 0 unspecified atom stereocenters. The third kappa shape index (κ3) is 3.25. The van der Waals surface area contributed by atoms with Crippen molar-refractivity contribution < 1.29 is 0 Å². The van der Waals surface area contributed by atoms with E-state index in [2.05, 4.69) is 36.2 Å². The lowest BCUT2D eigenvalue weighted by atomic mass is 10.0. The molecule has 0 N–H and O–H groups in total. The van der Waals surface area contributed by atoms with E-state index in [0.29, 0.717) is 5.92 Å². The van der Waals surface area contributed by atoms with E-state index in [1.807, 2.05) is 42.5 Å². The Morgan fingerprint density at radius 3 is 1.76 bits per heavy atom. The summed E-state index contributed by atoms with van der Waals surface area (Å²) in [6.07, 6.45) is 0. The first-order valence-electron chi connectivity index (χ1n) is 5.82. The summed E-state index contributed by atoms with van der Waals surface area (Å²) in [5.74, 6) is 0.551. The summed E-state index contributed by atoms with van der Waals surface area (Å²) < 4.78 is 0. The highest BCUT2D eigenvalue weighted by molar-refractivity contribution is 5.41. The Kier molecular flexibility index (Phi) is 3.66. The quantitative estimate of drug-likeness (QED) is 0.638. The summed E-state index contributed by atoms with van der Waals surface area (Å²) >= 11 is 0. The molecule has 0 aliphatic heterocycles. The van der Waals surface area contributed by atoms with Crippen LogP contribution in [0.2, 0.25) is 0 Å². The Hall–Kier alpha value is -1.96. The molecule has 86 valence electrons. The number of hydrogen-bond acceptors (Lipinski definition) is 2. The zero-order valence-corrected chi connectivity index (χ0v) is 10.2. The highest BCUT2D eigenvalue weighted by Gasteiger charge is 1.97. The van der Waals surface area contributed by atoms with Crippen molar-refractivity contribution in [3.8, 4) is 0 Å². The van der Waals surface area contributed by atoms with Gasteiger partial charge in [-0.25, -0.2) is 0 Å². The van der Waals surface area contributed by atoms with Crippen molar-refractivity contribution in [3.05, 3.63) is 60.2 Å². The first-order valence-corrected chi connectivity index (χ1v) is 5.82. The van der Waals surface area contributed by atoms with Crippen molar-refractivity contribution in [2.45, 2.75) is 19.8 Å². The van der Waals surface area contributed by atoms with Crippen molar-refractivity contribution >= 4 is 11.4 Å². The maximum atomic E-state index is 4.20. The van der Waals surface area contributed by atoms with E-state index in [9.17, 15) is 0 Å². The van der Waals surface area contributed by atoms with Gasteiger partial charge in [0.2, 0.25) is 0 Å². The molecule has 0 saturated carbocycles. The molecular weight excluding hydrogens is 208 g/mol. The van der Waals surface area contributed by atoms with Crippen LogP contribution in [0.25, 0.3) is 0 Å². The van der Waals surface area contributed by atoms with Crippen LogP contribution in [0.5, 0.6) is 0 Å². The second kappa shape index (κ2) is 5.39. The average Bonchev–Trinajstić information content (AvgIpc) is 2.38. The van der Waals surface area contributed by atoms with Gasteiger partial charge in [0, 0.05) is 0 Å². The van der Waals surface area contributed by atoms with E-state index in [0.717, 1.165) is 11.4 Å². The van der Waals surface area contributed by atoms with Crippen molar-refractivity contribution in [1.29, 1.82) is 0 Å². The number of hydrogen-bond donors (Lipinski definition) is 0. The lowest BCUT2D eigenvalue weighted by Crippen LogP contribution is -1.84. The summed E-state index contributed by atoms with van der Waals surface area (Å²) in [5.41, 5.74) is 3.09. The third-order valence-electron chi connectivity index (χ3n) is 2.60. The molecule has 2 aromatic rings. The molecule has 2 aromatic carbocycles. The Balaban J connectivity index is 2.12. The monoisotopic (exact) mass is 224 g/mol. The van der Waals surface area contributed by atoms with Crippen LogP contribution in [0, 0.1) is 0 Å². The fourth-order valence-electron chi connectivity index (χ4n) is 1.54. The maximum absolute atomic E-state index is 4.20. The lowest BCUT2D eigenvalue weighted by molar-refractivity contribution is 0.866. The number of benzene rings is 2. The van der Waals surface area contributed by atoms with Crippen LogP contribution in [0.4, 0.5) is 11.4 Å². The van der Waals surface area contributed by atoms with Gasteiger partial charge < -0.3 is 0 Å². The van der Waals surface area contributed by atoms with Gasteiger partial charge in [0.05, 0.1) is 11.4 Å². The summed E-state index contributed by atoms with van der Waals surface area (Å²) in [5, 5.41) is 8.38. The molecule has 0 aromatic heterocycles. The largest absolute Gasteiger partial charge is 0.151 e. The predicted molar refractivity (Wildman–Crippen MR) is 71.1 cm³/mol. The second-order valence-corrected chi connectivity index (χ2v) is 4.28. The Morgan fingerprint density at radius 2 is 1.24 bits per heavy atom. The second-order valence-electron chi connectivity index (χ2n) is 4.28. The van der Waals surface area contributed by atoms with Crippen LogP contribution >= 0.6 is 0 Å². The van der Waals surface area contributed by atoms with Gasteiger partial charge in [0.1, 0.15) is 0 Å². The molecule has 2 rings (SSSR count). The van der Waals surface area contributed by atoms with E-state index in [-0.39, 0.29) is 0 Å². The first kappa shape index (κ1) is 11.5. The van der Waals surface area contributed by atoms with Crippen LogP contribution in [0.15, 0.2) is 64.8 Å². The summed E-state index contributed by atoms with van der Waals surface area (Å²) in [7, 11) is 0. The zero-order valence-electron chi connectivity index (χ0n) is 10.2. The molecule has 0 amide bonds. The Morgan fingerprint density at radius 1 is 0.706 bits per heavy atom. The minimum Gasteiger partial charge on any atom is -0.151 e. The van der Waals surface area contributed by atoms with Crippen molar-refractivity contribution in [3.63, 3.8) is 0 Å². The number of rotatable bonds is 3. The van der Waals surface area contributed by atoms with Gasteiger partial charge in [0.25, 0.3) is 0 Å². The van der Waals surface area contributed by atoms with Gasteiger partial charge in [-0.05, 0) is 35.7 Å². The summed E-state index contributed by atoms with van der Waals surface area (Å²) in [6, 6.07) is 18.0. The Labute approximate surface area is 102 Å². The van der Waals surface area contributed by atoms with E-state index in [1.165, 1.54) is 5.56 Å². The van der Waals surface area contributed by atoms with Gasteiger partial charge in [0.15, 0.2) is 0 Å². The third-order valence-corrected chi connectivity index (χ3v) is 2.60. The number of nitrogens with zero attached hydrogens (tertiary/aromatic N) is 2. The molecule has 0 bridgehead atoms. The molecule has 0 radical (unpaired) electrons. The molecule has 17 heavy (non-hydrogen) atoms. The topological polar surface area (TPSA) is 24.7 Å². The highest BCUT2D eigenvalue weighted by atomic mass is 15.1. The minimum absolute atomic E-state index is 0.551. The molecule has 0 atom stereocenters. The van der Waals surface area contributed by atoms with E-state index in [1.54, 1.807) is 0 Å². The van der Waals surface area contributed by atoms with E-state index in [4.69, 9.17) is 0 Å². The normalized spacial score (nSPS) is 11.2. The highest BCUT2D eigenvalue weighted by Crippen LogP contribution is 2.21. The molecule has 0 heterocycles. The first-order chi connectivity index (χ1) is 8.25. The lowest BCUT2D eigenvalue weighted by Gasteiger charge is -2.03. The molecule has 0 aliphatic rings. The van der Waals surface area contributed by atoms with Crippen molar-refractivity contribution in [2.75, 3.05) is 0 Å². The molecular formula is C15H16N2. The molecule has 0 saturated heterocycles. The standard InChI is InChI=1S/C15H16N2/c1-12(2)13-8-10-15(11-9-13)17-16-14-6-4-3-5-7-14/h3-12H,1-2H3/b17-16+. The fraction of sp³-hybridized carbons (Fsp3) is 0.200. The smallest absolute Gasteiger partial charge is 0.0857 e. The van der Waals surface area contributed by atoms with Crippen LogP contribution in [0.1, 0.15) is 25.3 Å². The van der Waals surface area contributed by atoms with E-state index >= 15 is 0 Å². The van der Waals surface area contributed by atoms with Gasteiger partial charge in [-0.1, -0.05) is 44.2 Å². The molecule has 0 fully saturated rings.